The number of rotatable bonds is 5. The van der Waals surface area contributed by atoms with Gasteiger partial charge in [-0.3, -0.25) is 4.79 Å². The first-order valence-electron chi connectivity index (χ1n) is 7.07. The van der Waals surface area contributed by atoms with E-state index < -0.39 is 11.9 Å². The topological polar surface area (TPSA) is 58.6 Å². The van der Waals surface area contributed by atoms with Gasteiger partial charge in [0.1, 0.15) is 5.82 Å². The zero-order valence-corrected chi connectivity index (χ0v) is 12.4. The zero-order valence-electron chi connectivity index (χ0n) is 11.6. The number of halogens is 2. The molecule has 1 heterocycles. The summed E-state index contributed by atoms with van der Waals surface area (Å²) in [7, 11) is 0. The fraction of sp³-hybridized carbons (Fsp3) is 0.533. The van der Waals surface area contributed by atoms with Crippen molar-refractivity contribution in [2.24, 2.45) is 5.92 Å². The molecule has 4 nitrogen and oxygen atoms in total. The molecule has 1 fully saturated rings. The number of hydrogen-bond donors (Lipinski definition) is 2. The fourth-order valence-corrected chi connectivity index (χ4v) is 2.69. The monoisotopic (exact) mass is 315 g/mol. The van der Waals surface area contributed by atoms with Gasteiger partial charge in [-0.05, 0) is 43.4 Å². The maximum Gasteiger partial charge on any atom is 0.252 e. The van der Waals surface area contributed by atoms with Gasteiger partial charge in [0.05, 0.1) is 16.7 Å². The van der Waals surface area contributed by atoms with Crippen LogP contribution in [0.1, 0.15) is 29.6 Å². The molecule has 0 aromatic heterocycles. The highest BCUT2D eigenvalue weighted by molar-refractivity contribution is 6.33. The highest BCUT2D eigenvalue weighted by Gasteiger charge is 2.22. The Bertz CT molecular complexity index is 492. The van der Waals surface area contributed by atoms with Gasteiger partial charge in [-0.2, -0.15) is 0 Å². The van der Waals surface area contributed by atoms with E-state index in [1.807, 2.05) is 0 Å². The predicted octanol–water partition coefficient (Wildman–Crippen LogP) is 2.39. The lowest BCUT2D eigenvalue weighted by molar-refractivity contribution is 0.00528. The Morgan fingerprint density at radius 3 is 2.86 bits per heavy atom. The Balaban J connectivity index is 1.78. The second-order valence-electron chi connectivity index (χ2n) is 5.19. The second kappa shape index (κ2) is 7.73. The van der Waals surface area contributed by atoms with E-state index >= 15 is 0 Å². The van der Waals surface area contributed by atoms with Gasteiger partial charge >= 0.3 is 0 Å². The summed E-state index contributed by atoms with van der Waals surface area (Å²) in [5.74, 6) is -0.615. The number of amides is 1. The summed E-state index contributed by atoms with van der Waals surface area (Å²) in [5, 5.41) is 12.8. The van der Waals surface area contributed by atoms with Crippen LogP contribution >= 0.6 is 11.6 Å². The minimum Gasteiger partial charge on any atom is -0.393 e. The summed E-state index contributed by atoms with van der Waals surface area (Å²) >= 11 is 5.82. The van der Waals surface area contributed by atoms with Crippen LogP contribution in [0.15, 0.2) is 18.2 Å². The zero-order chi connectivity index (χ0) is 15.2. The van der Waals surface area contributed by atoms with Crippen molar-refractivity contribution < 1.29 is 19.0 Å². The molecular weight excluding hydrogens is 297 g/mol. The number of aliphatic hydroxyl groups is 1. The van der Waals surface area contributed by atoms with Crippen molar-refractivity contribution >= 4 is 17.5 Å². The van der Waals surface area contributed by atoms with E-state index in [2.05, 4.69) is 5.32 Å². The van der Waals surface area contributed by atoms with E-state index in [1.165, 1.54) is 12.1 Å². The largest absolute Gasteiger partial charge is 0.393 e. The Morgan fingerprint density at radius 1 is 1.48 bits per heavy atom. The molecule has 1 aliphatic rings. The standard InChI is InChI=1S/C15H19ClFNO3/c16-13-9-11(17)1-2-12(13)15(20)18-6-3-14(19)10-4-7-21-8-5-10/h1-2,9-10,14,19H,3-8H2,(H,18,20). The normalized spacial score (nSPS) is 17.5. The smallest absolute Gasteiger partial charge is 0.252 e. The third-order valence-corrected chi connectivity index (χ3v) is 4.02. The first-order valence-corrected chi connectivity index (χ1v) is 7.45. The molecule has 2 N–H and O–H groups in total. The molecule has 0 aliphatic carbocycles. The van der Waals surface area contributed by atoms with E-state index in [4.69, 9.17) is 16.3 Å². The molecular formula is C15H19ClFNO3. The highest BCUT2D eigenvalue weighted by Crippen LogP contribution is 2.20. The molecule has 1 aromatic rings. The van der Waals surface area contributed by atoms with Crippen LogP contribution in [0, 0.1) is 11.7 Å². The van der Waals surface area contributed by atoms with Crippen molar-refractivity contribution in [2.75, 3.05) is 19.8 Å². The Hall–Kier alpha value is -1.17. The van der Waals surface area contributed by atoms with Crippen molar-refractivity contribution in [3.8, 4) is 0 Å². The van der Waals surface area contributed by atoms with Crippen LogP contribution in [0.25, 0.3) is 0 Å². The maximum atomic E-state index is 12.9. The van der Waals surface area contributed by atoms with Crippen LogP contribution in [-0.2, 0) is 4.74 Å². The van der Waals surface area contributed by atoms with Crippen LogP contribution in [-0.4, -0.2) is 36.9 Å². The Kier molecular flexibility index (Phi) is 5.96. The van der Waals surface area contributed by atoms with Gasteiger partial charge in [-0.1, -0.05) is 11.6 Å². The average molecular weight is 316 g/mol. The number of benzene rings is 1. The average Bonchev–Trinajstić information content (AvgIpc) is 2.47. The molecule has 0 spiro atoms. The van der Waals surface area contributed by atoms with Crippen molar-refractivity contribution in [1.29, 1.82) is 0 Å². The molecule has 1 amide bonds. The Morgan fingerprint density at radius 2 is 2.19 bits per heavy atom. The molecule has 6 heteroatoms. The third-order valence-electron chi connectivity index (χ3n) is 3.71. The number of hydrogen-bond acceptors (Lipinski definition) is 3. The summed E-state index contributed by atoms with van der Waals surface area (Å²) in [6.45, 7) is 1.71. The van der Waals surface area contributed by atoms with E-state index in [9.17, 15) is 14.3 Å². The lowest BCUT2D eigenvalue weighted by Crippen LogP contribution is -2.32. The quantitative estimate of drug-likeness (QED) is 0.877. The molecule has 0 bridgehead atoms. The van der Waals surface area contributed by atoms with Gasteiger partial charge in [0.15, 0.2) is 0 Å². The first kappa shape index (κ1) is 16.2. The van der Waals surface area contributed by atoms with Crippen molar-refractivity contribution in [3.63, 3.8) is 0 Å². The van der Waals surface area contributed by atoms with E-state index in [1.54, 1.807) is 0 Å². The van der Waals surface area contributed by atoms with Crippen LogP contribution in [0.2, 0.25) is 5.02 Å². The molecule has 1 saturated heterocycles. The minimum absolute atomic E-state index is 0.0810. The number of nitrogens with one attached hydrogen (secondary N) is 1. The number of carbonyl (C=O) groups is 1. The molecule has 0 saturated carbocycles. The predicted molar refractivity (Wildman–Crippen MR) is 77.9 cm³/mol. The molecule has 1 unspecified atom stereocenters. The molecule has 0 radical (unpaired) electrons. The molecule has 1 aromatic carbocycles. The van der Waals surface area contributed by atoms with Crippen LogP contribution in [0.5, 0.6) is 0 Å². The van der Waals surface area contributed by atoms with E-state index in [-0.39, 0.29) is 22.4 Å². The highest BCUT2D eigenvalue weighted by atomic mass is 35.5. The van der Waals surface area contributed by atoms with E-state index in [0.717, 1.165) is 18.9 Å². The number of aliphatic hydroxyl groups excluding tert-OH is 1. The summed E-state index contributed by atoms with van der Waals surface area (Å²) in [6.07, 6.45) is 1.73. The van der Waals surface area contributed by atoms with Crippen molar-refractivity contribution in [2.45, 2.75) is 25.4 Å². The van der Waals surface area contributed by atoms with Gasteiger partial charge in [-0.25, -0.2) is 4.39 Å². The van der Waals surface area contributed by atoms with Gasteiger partial charge < -0.3 is 15.2 Å². The van der Waals surface area contributed by atoms with Crippen molar-refractivity contribution in [3.05, 3.63) is 34.6 Å². The SMILES string of the molecule is O=C(NCCC(O)C1CCOCC1)c1ccc(F)cc1Cl. The molecule has 2 rings (SSSR count). The summed E-state index contributed by atoms with van der Waals surface area (Å²) in [5.41, 5.74) is 0.235. The summed E-state index contributed by atoms with van der Waals surface area (Å²) < 4.78 is 18.2. The van der Waals surface area contributed by atoms with Gasteiger partial charge in [0, 0.05) is 19.8 Å². The summed E-state index contributed by atoms with van der Waals surface area (Å²) in [4.78, 5) is 11.9. The minimum atomic E-state index is -0.480. The lowest BCUT2D eigenvalue weighted by Gasteiger charge is -2.26. The lowest BCUT2D eigenvalue weighted by atomic mass is 9.92. The van der Waals surface area contributed by atoms with Crippen LogP contribution < -0.4 is 5.32 Å². The fourth-order valence-electron chi connectivity index (χ4n) is 2.44. The van der Waals surface area contributed by atoms with Crippen LogP contribution in [0.3, 0.4) is 0 Å². The molecule has 1 atom stereocenters. The summed E-state index contributed by atoms with van der Waals surface area (Å²) in [6, 6.07) is 3.65. The van der Waals surface area contributed by atoms with Gasteiger partial charge in [0.2, 0.25) is 0 Å². The first-order chi connectivity index (χ1) is 10.1. The second-order valence-corrected chi connectivity index (χ2v) is 5.59. The van der Waals surface area contributed by atoms with E-state index in [0.29, 0.717) is 26.2 Å². The number of ether oxygens (including phenoxy) is 1. The molecule has 116 valence electrons. The third kappa shape index (κ3) is 4.66. The molecule has 1 aliphatic heterocycles. The van der Waals surface area contributed by atoms with Gasteiger partial charge in [-0.15, -0.1) is 0 Å². The maximum absolute atomic E-state index is 12.9. The van der Waals surface area contributed by atoms with Crippen molar-refractivity contribution in [1.82, 2.24) is 5.32 Å². The van der Waals surface area contributed by atoms with Crippen LogP contribution in [0.4, 0.5) is 4.39 Å². The number of carbonyl (C=O) groups excluding carboxylic acids is 1. The molecule has 21 heavy (non-hydrogen) atoms. The van der Waals surface area contributed by atoms with Gasteiger partial charge in [0.25, 0.3) is 5.91 Å². The Labute approximate surface area is 128 Å².